The van der Waals surface area contributed by atoms with Crippen LogP contribution in [0.25, 0.3) is 0 Å². The molecule has 0 spiro atoms. The molecule has 0 aromatic heterocycles. The second kappa shape index (κ2) is 4.69. The molecule has 1 atom stereocenters. The molecular formula is C12H13BrClN. The molecule has 15 heavy (non-hydrogen) atoms. The van der Waals surface area contributed by atoms with Gasteiger partial charge in [-0.1, -0.05) is 39.2 Å². The van der Waals surface area contributed by atoms with Crippen LogP contribution in [0.2, 0.25) is 5.02 Å². The fraction of sp³-hybridized carbons (Fsp3) is 0.333. The lowest BCUT2D eigenvalue weighted by atomic mass is 9.99. The van der Waals surface area contributed by atoms with E-state index in [2.05, 4.69) is 22.0 Å². The molecule has 0 saturated carbocycles. The molecule has 1 aliphatic rings. The van der Waals surface area contributed by atoms with Gasteiger partial charge < -0.3 is 5.73 Å². The lowest BCUT2D eigenvalue weighted by molar-refractivity contribution is 0.782. The number of nitrogens with two attached hydrogens (primary N) is 1. The summed E-state index contributed by atoms with van der Waals surface area (Å²) in [5.74, 6) is 0. The van der Waals surface area contributed by atoms with Crippen molar-refractivity contribution in [2.45, 2.75) is 25.3 Å². The van der Waals surface area contributed by atoms with Gasteiger partial charge in [-0.2, -0.15) is 0 Å². The van der Waals surface area contributed by atoms with Gasteiger partial charge in [0.15, 0.2) is 0 Å². The van der Waals surface area contributed by atoms with E-state index in [0.717, 1.165) is 27.9 Å². The molecule has 2 rings (SSSR count). The molecule has 1 aromatic carbocycles. The Balaban J connectivity index is 2.31. The zero-order chi connectivity index (χ0) is 10.8. The first-order valence-corrected chi connectivity index (χ1v) is 6.25. The van der Waals surface area contributed by atoms with Crippen molar-refractivity contribution in [2.75, 3.05) is 0 Å². The van der Waals surface area contributed by atoms with Crippen LogP contribution in [0, 0.1) is 0 Å². The average molecular weight is 287 g/mol. The normalized spacial score (nSPS) is 17.7. The topological polar surface area (TPSA) is 26.0 Å². The van der Waals surface area contributed by atoms with Gasteiger partial charge in [-0.05, 0) is 43.0 Å². The van der Waals surface area contributed by atoms with Crippen LogP contribution in [0.5, 0.6) is 0 Å². The zero-order valence-corrected chi connectivity index (χ0v) is 10.7. The molecule has 0 amide bonds. The van der Waals surface area contributed by atoms with Crippen LogP contribution in [0.1, 0.15) is 30.9 Å². The van der Waals surface area contributed by atoms with Gasteiger partial charge in [0, 0.05) is 9.50 Å². The summed E-state index contributed by atoms with van der Waals surface area (Å²) in [5, 5.41) is 0.738. The maximum atomic E-state index is 6.21. The summed E-state index contributed by atoms with van der Waals surface area (Å²) in [6, 6.07) is 5.74. The number of hydrogen-bond acceptors (Lipinski definition) is 1. The van der Waals surface area contributed by atoms with Crippen LogP contribution in [-0.2, 0) is 0 Å². The second-order valence-electron chi connectivity index (χ2n) is 3.81. The zero-order valence-electron chi connectivity index (χ0n) is 8.34. The predicted molar refractivity (Wildman–Crippen MR) is 68.0 cm³/mol. The van der Waals surface area contributed by atoms with E-state index >= 15 is 0 Å². The monoisotopic (exact) mass is 285 g/mol. The number of allylic oxidation sites excluding steroid dienone is 1. The fourth-order valence-electron chi connectivity index (χ4n) is 1.93. The van der Waals surface area contributed by atoms with Crippen LogP contribution in [-0.4, -0.2) is 0 Å². The van der Waals surface area contributed by atoms with Crippen LogP contribution in [0.4, 0.5) is 0 Å². The Morgan fingerprint density at radius 1 is 1.40 bits per heavy atom. The smallest absolute Gasteiger partial charge is 0.0522 e. The Labute approximate surface area is 103 Å². The summed E-state index contributed by atoms with van der Waals surface area (Å²) in [6.07, 6.45) is 5.74. The molecule has 0 fully saturated rings. The molecule has 1 aliphatic carbocycles. The number of hydrogen-bond donors (Lipinski definition) is 1. The maximum Gasteiger partial charge on any atom is 0.0522 e. The SMILES string of the molecule is NC(C1=CCCC1)c1cc(Cl)ccc1Br. The summed E-state index contributed by atoms with van der Waals surface area (Å²) in [5.41, 5.74) is 8.62. The molecular weight excluding hydrogens is 273 g/mol. The minimum Gasteiger partial charge on any atom is -0.321 e. The highest BCUT2D eigenvalue weighted by molar-refractivity contribution is 9.10. The highest BCUT2D eigenvalue weighted by Gasteiger charge is 2.17. The van der Waals surface area contributed by atoms with Gasteiger partial charge in [-0.25, -0.2) is 0 Å². The highest BCUT2D eigenvalue weighted by Crippen LogP contribution is 2.33. The third-order valence-corrected chi connectivity index (χ3v) is 3.73. The minimum atomic E-state index is -0.0134. The predicted octanol–water partition coefficient (Wildman–Crippen LogP) is 4.21. The largest absolute Gasteiger partial charge is 0.321 e. The van der Waals surface area contributed by atoms with Crippen molar-refractivity contribution in [1.29, 1.82) is 0 Å². The van der Waals surface area contributed by atoms with Crippen molar-refractivity contribution in [3.05, 3.63) is 44.9 Å². The van der Waals surface area contributed by atoms with E-state index in [9.17, 15) is 0 Å². The number of rotatable bonds is 2. The second-order valence-corrected chi connectivity index (χ2v) is 5.11. The molecule has 3 heteroatoms. The van der Waals surface area contributed by atoms with Gasteiger partial charge in [-0.15, -0.1) is 0 Å². The van der Waals surface area contributed by atoms with Gasteiger partial charge in [0.05, 0.1) is 6.04 Å². The van der Waals surface area contributed by atoms with E-state index in [4.69, 9.17) is 17.3 Å². The minimum absolute atomic E-state index is 0.0134. The molecule has 1 nitrogen and oxygen atoms in total. The lowest BCUT2D eigenvalue weighted by Crippen LogP contribution is -2.12. The molecule has 80 valence electrons. The molecule has 0 saturated heterocycles. The summed E-state index contributed by atoms with van der Waals surface area (Å²) in [6.45, 7) is 0. The summed E-state index contributed by atoms with van der Waals surface area (Å²) in [7, 11) is 0. The molecule has 0 aliphatic heterocycles. The standard InChI is InChI=1S/C12H13BrClN/c13-11-6-5-9(14)7-10(11)12(15)8-3-1-2-4-8/h3,5-7,12H,1-2,4,15H2. The van der Waals surface area contributed by atoms with E-state index in [0.29, 0.717) is 0 Å². The van der Waals surface area contributed by atoms with E-state index in [1.807, 2.05) is 18.2 Å². The van der Waals surface area contributed by atoms with Crippen molar-refractivity contribution in [3.63, 3.8) is 0 Å². The molecule has 0 bridgehead atoms. The first-order valence-electron chi connectivity index (χ1n) is 5.08. The Kier molecular flexibility index (Phi) is 3.49. The van der Waals surface area contributed by atoms with Crippen LogP contribution in [0.3, 0.4) is 0 Å². The van der Waals surface area contributed by atoms with Crippen molar-refractivity contribution in [1.82, 2.24) is 0 Å². The molecule has 2 N–H and O–H groups in total. The van der Waals surface area contributed by atoms with Crippen LogP contribution in [0.15, 0.2) is 34.3 Å². The summed E-state index contributed by atoms with van der Waals surface area (Å²) >= 11 is 9.48. The Morgan fingerprint density at radius 2 is 2.20 bits per heavy atom. The van der Waals surface area contributed by atoms with E-state index in [1.54, 1.807) is 0 Å². The van der Waals surface area contributed by atoms with Crippen molar-refractivity contribution in [2.24, 2.45) is 5.73 Å². The van der Waals surface area contributed by atoms with E-state index in [1.165, 1.54) is 12.0 Å². The van der Waals surface area contributed by atoms with Crippen molar-refractivity contribution >= 4 is 27.5 Å². The fourth-order valence-corrected chi connectivity index (χ4v) is 2.60. The lowest BCUT2D eigenvalue weighted by Gasteiger charge is -2.15. The van der Waals surface area contributed by atoms with Gasteiger partial charge >= 0.3 is 0 Å². The van der Waals surface area contributed by atoms with Gasteiger partial charge in [0.2, 0.25) is 0 Å². The first kappa shape index (κ1) is 11.2. The Bertz CT molecular complexity index is 401. The molecule has 0 radical (unpaired) electrons. The van der Waals surface area contributed by atoms with Crippen molar-refractivity contribution in [3.8, 4) is 0 Å². The van der Waals surface area contributed by atoms with Crippen LogP contribution >= 0.6 is 27.5 Å². The highest BCUT2D eigenvalue weighted by atomic mass is 79.9. The first-order chi connectivity index (χ1) is 7.18. The molecule has 0 heterocycles. The van der Waals surface area contributed by atoms with Gasteiger partial charge in [-0.3, -0.25) is 0 Å². The van der Waals surface area contributed by atoms with E-state index in [-0.39, 0.29) is 6.04 Å². The van der Waals surface area contributed by atoms with Gasteiger partial charge in [0.25, 0.3) is 0 Å². The quantitative estimate of drug-likeness (QED) is 0.810. The van der Waals surface area contributed by atoms with Crippen LogP contribution < -0.4 is 5.73 Å². The third-order valence-electron chi connectivity index (χ3n) is 2.77. The molecule has 1 aromatic rings. The number of benzene rings is 1. The maximum absolute atomic E-state index is 6.21. The summed E-state index contributed by atoms with van der Waals surface area (Å²) in [4.78, 5) is 0. The molecule has 1 unspecified atom stereocenters. The van der Waals surface area contributed by atoms with E-state index < -0.39 is 0 Å². The number of halogens is 2. The van der Waals surface area contributed by atoms with Crippen molar-refractivity contribution < 1.29 is 0 Å². The Hall–Kier alpha value is -0.310. The Morgan fingerprint density at radius 3 is 2.87 bits per heavy atom. The van der Waals surface area contributed by atoms with Gasteiger partial charge in [0.1, 0.15) is 0 Å². The summed E-state index contributed by atoms with van der Waals surface area (Å²) < 4.78 is 1.03. The third kappa shape index (κ3) is 2.44. The average Bonchev–Trinajstić information content (AvgIpc) is 2.74.